The maximum absolute atomic E-state index is 11.4. The van der Waals surface area contributed by atoms with Gasteiger partial charge in [-0.3, -0.25) is 9.69 Å². The molecule has 144 valence electrons. The molecule has 27 heavy (non-hydrogen) atoms. The summed E-state index contributed by atoms with van der Waals surface area (Å²) >= 11 is 0. The van der Waals surface area contributed by atoms with Gasteiger partial charge in [-0.05, 0) is 30.7 Å². The van der Waals surface area contributed by atoms with Gasteiger partial charge in [-0.1, -0.05) is 12.1 Å². The van der Waals surface area contributed by atoms with Crippen LogP contribution in [0, 0.1) is 0 Å². The number of carbonyl (C=O) groups excluding carboxylic acids is 1. The summed E-state index contributed by atoms with van der Waals surface area (Å²) in [6.45, 7) is 4.31. The Labute approximate surface area is 159 Å². The normalized spacial score (nSPS) is 15.3. The predicted octanol–water partition coefficient (Wildman–Crippen LogP) is 1.91. The van der Waals surface area contributed by atoms with Crippen LogP contribution in [0.4, 0.5) is 5.82 Å². The predicted molar refractivity (Wildman–Crippen MR) is 104 cm³/mol. The molecule has 7 heteroatoms. The lowest BCUT2D eigenvalue weighted by atomic mass is 10.1. The molecular weight excluding hydrogens is 344 g/mol. The number of carbonyl (C=O) groups is 1. The topological polar surface area (TPSA) is 80.9 Å². The number of benzene rings is 1. The quantitative estimate of drug-likeness (QED) is 0.837. The Hall–Kier alpha value is -2.80. The molecular formula is C20H26N4O3. The number of nitrogens with zero attached hydrogens (tertiary/aromatic N) is 3. The molecule has 2 N–H and O–H groups in total. The minimum atomic E-state index is -0.503. The van der Waals surface area contributed by atoms with E-state index >= 15 is 0 Å². The van der Waals surface area contributed by atoms with E-state index in [1.54, 1.807) is 20.3 Å². The Morgan fingerprint density at radius 2 is 1.74 bits per heavy atom. The lowest BCUT2D eigenvalue weighted by molar-refractivity contribution is 0.0995. The number of amides is 1. The first-order valence-electron chi connectivity index (χ1n) is 9.06. The van der Waals surface area contributed by atoms with Crippen molar-refractivity contribution in [1.82, 2.24) is 9.88 Å². The van der Waals surface area contributed by atoms with Crippen molar-refractivity contribution in [3.63, 3.8) is 0 Å². The van der Waals surface area contributed by atoms with Crippen LogP contribution < -0.4 is 20.1 Å². The second-order valence-corrected chi connectivity index (χ2v) is 6.50. The Bertz CT molecular complexity index is 774. The summed E-state index contributed by atoms with van der Waals surface area (Å²) in [5.41, 5.74) is 6.71. The molecule has 1 amide bonds. The SMILES string of the molecule is COc1cccc(OC)c1CN1CCCN(c2cccc(C(N)=O)n2)CC1. The second kappa shape index (κ2) is 8.73. The third kappa shape index (κ3) is 4.49. The van der Waals surface area contributed by atoms with Crippen LogP contribution in [0.5, 0.6) is 11.5 Å². The van der Waals surface area contributed by atoms with Crippen molar-refractivity contribution >= 4 is 11.7 Å². The highest BCUT2D eigenvalue weighted by molar-refractivity contribution is 5.91. The number of hydrogen-bond donors (Lipinski definition) is 1. The summed E-state index contributed by atoms with van der Waals surface area (Å²) in [6, 6.07) is 11.2. The molecule has 0 saturated carbocycles. The fourth-order valence-electron chi connectivity index (χ4n) is 3.40. The summed E-state index contributed by atoms with van der Waals surface area (Å²) in [4.78, 5) is 20.4. The highest BCUT2D eigenvalue weighted by Gasteiger charge is 2.19. The Morgan fingerprint density at radius 1 is 1.04 bits per heavy atom. The summed E-state index contributed by atoms with van der Waals surface area (Å²) in [5, 5.41) is 0. The molecule has 1 fully saturated rings. The lowest BCUT2D eigenvalue weighted by Gasteiger charge is -2.24. The molecule has 2 heterocycles. The molecule has 0 radical (unpaired) electrons. The molecule has 0 unspecified atom stereocenters. The molecule has 0 bridgehead atoms. The van der Waals surface area contributed by atoms with E-state index < -0.39 is 5.91 Å². The molecule has 1 saturated heterocycles. The number of anilines is 1. The third-order valence-electron chi connectivity index (χ3n) is 4.81. The minimum absolute atomic E-state index is 0.298. The Kier molecular flexibility index (Phi) is 6.13. The molecule has 3 rings (SSSR count). The first-order valence-corrected chi connectivity index (χ1v) is 9.06. The number of methoxy groups -OCH3 is 2. The highest BCUT2D eigenvalue weighted by atomic mass is 16.5. The number of aromatic nitrogens is 1. The molecule has 1 aliphatic heterocycles. The van der Waals surface area contributed by atoms with Crippen molar-refractivity contribution < 1.29 is 14.3 Å². The van der Waals surface area contributed by atoms with Gasteiger partial charge in [0.15, 0.2) is 0 Å². The molecule has 0 aliphatic carbocycles. The van der Waals surface area contributed by atoms with Crippen molar-refractivity contribution in [1.29, 1.82) is 0 Å². The molecule has 0 spiro atoms. The summed E-state index contributed by atoms with van der Waals surface area (Å²) < 4.78 is 11.0. The van der Waals surface area contributed by atoms with Crippen LogP contribution >= 0.6 is 0 Å². The second-order valence-electron chi connectivity index (χ2n) is 6.50. The van der Waals surface area contributed by atoms with Gasteiger partial charge >= 0.3 is 0 Å². The molecule has 7 nitrogen and oxygen atoms in total. The maximum Gasteiger partial charge on any atom is 0.267 e. The average Bonchev–Trinajstić information content (AvgIpc) is 2.94. The van der Waals surface area contributed by atoms with Crippen LogP contribution in [-0.4, -0.2) is 56.2 Å². The van der Waals surface area contributed by atoms with Crippen molar-refractivity contribution in [2.75, 3.05) is 45.3 Å². The number of pyridine rings is 1. The maximum atomic E-state index is 11.4. The standard InChI is InChI=1S/C20H26N4O3/c1-26-17-7-4-8-18(27-2)15(17)14-23-10-5-11-24(13-12-23)19-9-3-6-16(22-19)20(21)25/h3-4,6-9H,5,10-14H2,1-2H3,(H2,21,25). The average molecular weight is 370 g/mol. The summed E-state index contributed by atoms with van der Waals surface area (Å²) in [7, 11) is 3.36. The van der Waals surface area contributed by atoms with E-state index in [2.05, 4.69) is 14.8 Å². The van der Waals surface area contributed by atoms with E-state index in [1.165, 1.54) is 0 Å². The fourth-order valence-corrected chi connectivity index (χ4v) is 3.40. The van der Waals surface area contributed by atoms with Crippen LogP contribution in [0.2, 0.25) is 0 Å². The first kappa shape index (κ1) is 19.0. The van der Waals surface area contributed by atoms with Gasteiger partial charge in [-0.2, -0.15) is 0 Å². The smallest absolute Gasteiger partial charge is 0.267 e. The first-order chi connectivity index (χ1) is 13.1. The van der Waals surface area contributed by atoms with E-state index in [1.807, 2.05) is 30.3 Å². The van der Waals surface area contributed by atoms with Crippen LogP contribution in [0.3, 0.4) is 0 Å². The van der Waals surface area contributed by atoms with E-state index in [-0.39, 0.29) is 0 Å². The Morgan fingerprint density at radius 3 is 2.41 bits per heavy atom. The van der Waals surface area contributed by atoms with Gasteiger partial charge in [0.05, 0.1) is 19.8 Å². The van der Waals surface area contributed by atoms with Crippen molar-refractivity contribution in [2.45, 2.75) is 13.0 Å². The van der Waals surface area contributed by atoms with Gasteiger partial charge in [-0.15, -0.1) is 0 Å². The molecule has 1 aromatic heterocycles. The van der Waals surface area contributed by atoms with Gasteiger partial charge in [0, 0.05) is 32.7 Å². The van der Waals surface area contributed by atoms with Crippen molar-refractivity contribution in [2.24, 2.45) is 5.73 Å². The number of rotatable bonds is 6. The van der Waals surface area contributed by atoms with Gasteiger partial charge in [0.25, 0.3) is 5.91 Å². The number of hydrogen-bond acceptors (Lipinski definition) is 6. The largest absolute Gasteiger partial charge is 0.496 e. The zero-order valence-electron chi connectivity index (χ0n) is 15.9. The van der Waals surface area contributed by atoms with E-state index in [9.17, 15) is 4.79 Å². The van der Waals surface area contributed by atoms with Crippen LogP contribution in [-0.2, 0) is 6.54 Å². The Balaban J connectivity index is 1.71. The van der Waals surface area contributed by atoms with Crippen LogP contribution in [0.1, 0.15) is 22.5 Å². The van der Waals surface area contributed by atoms with E-state index in [4.69, 9.17) is 15.2 Å². The third-order valence-corrected chi connectivity index (χ3v) is 4.81. The summed E-state index contributed by atoms with van der Waals surface area (Å²) in [5.74, 6) is 1.97. The minimum Gasteiger partial charge on any atom is -0.496 e. The molecule has 0 atom stereocenters. The van der Waals surface area contributed by atoms with Gasteiger partial charge < -0.3 is 20.1 Å². The molecule has 1 aliphatic rings. The van der Waals surface area contributed by atoms with Gasteiger partial charge in [-0.25, -0.2) is 4.98 Å². The number of nitrogens with two attached hydrogens (primary N) is 1. The van der Waals surface area contributed by atoms with Crippen LogP contribution in [0.15, 0.2) is 36.4 Å². The van der Waals surface area contributed by atoms with E-state index in [0.29, 0.717) is 5.69 Å². The number of ether oxygens (including phenoxy) is 2. The van der Waals surface area contributed by atoms with Gasteiger partial charge in [0.2, 0.25) is 0 Å². The zero-order chi connectivity index (χ0) is 19.2. The van der Waals surface area contributed by atoms with Gasteiger partial charge in [0.1, 0.15) is 23.0 Å². The van der Waals surface area contributed by atoms with Crippen LogP contribution in [0.25, 0.3) is 0 Å². The lowest BCUT2D eigenvalue weighted by Crippen LogP contribution is -2.31. The zero-order valence-corrected chi connectivity index (χ0v) is 15.9. The molecule has 2 aromatic rings. The molecule has 1 aromatic carbocycles. The fraction of sp³-hybridized carbons (Fsp3) is 0.400. The van der Waals surface area contributed by atoms with Crippen molar-refractivity contribution in [3.05, 3.63) is 47.7 Å². The van der Waals surface area contributed by atoms with Crippen molar-refractivity contribution in [3.8, 4) is 11.5 Å². The monoisotopic (exact) mass is 370 g/mol. The highest BCUT2D eigenvalue weighted by Crippen LogP contribution is 2.30. The van der Waals surface area contributed by atoms with E-state index in [0.717, 1.165) is 62.0 Å². The number of primary amides is 1. The summed E-state index contributed by atoms with van der Waals surface area (Å²) in [6.07, 6.45) is 1.000.